The number of nitrogens with one attached hydrogen (secondary N) is 2. The van der Waals surface area contributed by atoms with Gasteiger partial charge in [0.05, 0.1) is 6.20 Å². The summed E-state index contributed by atoms with van der Waals surface area (Å²) in [6.07, 6.45) is 7.31. The van der Waals surface area contributed by atoms with E-state index in [4.69, 9.17) is 5.21 Å². The van der Waals surface area contributed by atoms with E-state index in [0.29, 0.717) is 17.6 Å². The molecule has 0 radical (unpaired) electrons. The number of hydroxylamine groups is 1. The fourth-order valence-corrected chi connectivity index (χ4v) is 3.55. The van der Waals surface area contributed by atoms with Crippen molar-refractivity contribution in [3.05, 3.63) is 41.8 Å². The standard InChI is InChI=1S/C19H23FN4O/c20-17-11-21-19(22-15-6-8-16(24-25)9-7-15)23-18(17)14-3-1-2-13(10-14)12-4-5-12/h1-3,10-12,15-16,24-25H,4-9H2,(H,21,22,23). The normalized spacial score (nSPS) is 23.4. The third kappa shape index (κ3) is 3.80. The molecule has 2 saturated carbocycles. The van der Waals surface area contributed by atoms with Gasteiger partial charge in [0, 0.05) is 17.6 Å². The lowest BCUT2D eigenvalue weighted by Crippen LogP contribution is -2.35. The molecule has 0 bridgehead atoms. The highest BCUT2D eigenvalue weighted by molar-refractivity contribution is 5.62. The summed E-state index contributed by atoms with van der Waals surface area (Å²) in [5.74, 6) is 0.693. The quantitative estimate of drug-likeness (QED) is 0.720. The molecule has 2 aliphatic rings. The molecule has 3 N–H and O–H groups in total. The molecule has 2 aliphatic carbocycles. The van der Waals surface area contributed by atoms with Gasteiger partial charge in [-0.15, -0.1) is 0 Å². The molecule has 0 unspecified atom stereocenters. The van der Waals surface area contributed by atoms with Gasteiger partial charge in [-0.25, -0.2) is 19.8 Å². The minimum absolute atomic E-state index is 0.160. The van der Waals surface area contributed by atoms with Crippen LogP contribution < -0.4 is 10.8 Å². The number of benzene rings is 1. The zero-order valence-electron chi connectivity index (χ0n) is 14.1. The van der Waals surface area contributed by atoms with Crippen molar-refractivity contribution in [2.24, 2.45) is 0 Å². The summed E-state index contributed by atoms with van der Waals surface area (Å²) >= 11 is 0. The number of anilines is 1. The monoisotopic (exact) mass is 342 g/mol. The second-order valence-electron chi connectivity index (χ2n) is 7.11. The smallest absolute Gasteiger partial charge is 0.223 e. The van der Waals surface area contributed by atoms with Gasteiger partial charge in [0.15, 0.2) is 5.82 Å². The minimum Gasteiger partial charge on any atom is -0.351 e. The van der Waals surface area contributed by atoms with Crippen LogP contribution in [0.3, 0.4) is 0 Å². The van der Waals surface area contributed by atoms with E-state index >= 15 is 0 Å². The highest BCUT2D eigenvalue weighted by Gasteiger charge is 2.24. The van der Waals surface area contributed by atoms with Gasteiger partial charge in [0.1, 0.15) is 5.69 Å². The number of hydrogen-bond acceptors (Lipinski definition) is 5. The summed E-state index contributed by atoms with van der Waals surface area (Å²) in [5, 5.41) is 12.3. The molecular weight excluding hydrogens is 319 g/mol. The van der Waals surface area contributed by atoms with Crippen molar-refractivity contribution in [2.45, 2.75) is 56.5 Å². The molecule has 0 aliphatic heterocycles. The Bertz CT molecular complexity index is 742. The molecule has 1 aromatic carbocycles. The third-order valence-corrected chi connectivity index (χ3v) is 5.20. The Balaban J connectivity index is 1.52. The Morgan fingerprint density at radius 2 is 1.80 bits per heavy atom. The van der Waals surface area contributed by atoms with Crippen molar-refractivity contribution in [1.82, 2.24) is 15.4 Å². The van der Waals surface area contributed by atoms with Gasteiger partial charge in [0.25, 0.3) is 0 Å². The number of halogens is 1. The van der Waals surface area contributed by atoms with Crippen LogP contribution in [0.15, 0.2) is 30.5 Å². The maximum atomic E-state index is 14.3. The van der Waals surface area contributed by atoms with Gasteiger partial charge in [-0.3, -0.25) is 0 Å². The highest BCUT2D eigenvalue weighted by Crippen LogP contribution is 2.41. The molecule has 132 valence electrons. The molecule has 1 aromatic heterocycles. The van der Waals surface area contributed by atoms with Crippen LogP contribution in [0.2, 0.25) is 0 Å². The van der Waals surface area contributed by atoms with Crippen LogP contribution in [0.5, 0.6) is 0 Å². The molecule has 2 fully saturated rings. The van der Waals surface area contributed by atoms with E-state index in [1.54, 1.807) is 0 Å². The Morgan fingerprint density at radius 1 is 1.04 bits per heavy atom. The Morgan fingerprint density at radius 3 is 2.52 bits per heavy atom. The van der Waals surface area contributed by atoms with Crippen molar-refractivity contribution in [2.75, 3.05) is 5.32 Å². The van der Waals surface area contributed by atoms with Gasteiger partial charge in [0.2, 0.25) is 5.95 Å². The number of nitrogens with zero attached hydrogens (tertiary/aromatic N) is 2. The van der Waals surface area contributed by atoms with Gasteiger partial charge in [-0.2, -0.15) is 0 Å². The van der Waals surface area contributed by atoms with Crippen LogP contribution >= 0.6 is 0 Å². The lowest BCUT2D eigenvalue weighted by Gasteiger charge is -2.28. The topological polar surface area (TPSA) is 70.1 Å². The predicted molar refractivity (Wildman–Crippen MR) is 94.0 cm³/mol. The Hall–Kier alpha value is -2.05. The fraction of sp³-hybridized carbons (Fsp3) is 0.474. The first kappa shape index (κ1) is 16.4. The fourth-order valence-electron chi connectivity index (χ4n) is 3.55. The maximum absolute atomic E-state index is 14.3. The average molecular weight is 342 g/mol. The minimum atomic E-state index is -0.397. The first-order valence-corrected chi connectivity index (χ1v) is 9.02. The summed E-state index contributed by atoms with van der Waals surface area (Å²) in [4.78, 5) is 8.54. The van der Waals surface area contributed by atoms with Gasteiger partial charge >= 0.3 is 0 Å². The summed E-state index contributed by atoms with van der Waals surface area (Å²) in [6, 6.07) is 8.44. The summed E-state index contributed by atoms with van der Waals surface area (Å²) in [5.41, 5.74) is 4.76. The zero-order valence-corrected chi connectivity index (χ0v) is 14.1. The van der Waals surface area contributed by atoms with E-state index in [1.807, 2.05) is 18.2 Å². The molecule has 0 amide bonds. The molecule has 6 heteroatoms. The van der Waals surface area contributed by atoms with Crippen LogP contribution in [0, 0.1) is 5.82 Å². The molecule has 0 atom stereocenters. The van der Waals surface area contributed by atoms with Crippen molar-refractivity contribution < 1.29 is 9.60 Å². The van der Waals surface area contributed by atoms with E-state index in [1.165, 1.54) is 24.6 Å². The zero-order chi connectivity index (χ0) is 17.2. The SMILES string of the molecule is ONC1CCC(Nc2ncc(F)c(-c3cccc(C4CC4)c3)n2)CC1. The first-order chi connectivity index (χ1) is 12.2. The van der Waals surface area contributed by atoms with Gasteiger partial charge in [-0.05, 0) is 56.1 Å². The molecule has 0 spiro atoms. The van der Waals surface area contributed by atoms with Crippen LogP contribution in [0.4, 0.5) is 10.3 Å². The lowest BCUT2D eigenvalue weighted by atomic mass is 9.92. The summed E-state index contributed by atoms with van der Waals surface area (Å²) in [6.45, 7) is 0. The Kier molecular flexibility index (Phi) is 4.63. The number of aromatic nitrogens is 2. The largest absolute Gasteiger partial charge is 0.351 e. The summed E-state index contributed by atoms with van der Waals surface area (Å²) in [7, 11) is 0. The van der Waals surface area contributed by atoms with Gasteiger partial charge < -0.3 is 10.5 Å². The predicted octanol–water partition coefficient (Wildman–Crippen LogP) is 3.86. The van der Waals surface area contributed by atoms with Crippen LogP contribution in [0.1, 0.15) is 50.0 Å². The summed E-state index contributed by atoms with van der Waals surface area (Å²) < 4.78 is 14.3. The van der Waals surface area contributed by atoms with E-state index in [-0.39, 0.29) is 12.1 Å². The van der Waals surface area contributed by atoms with Crippen LogP contribution in [0.25, 0.3) is 11.3 Å². The number of rotatable bonds is 5. The van der Waals surface area contributed by atoms with E-state index < -0.39 is 5.82 Å². The van der Waals surface area contributed by atoms with Crippen molar-refractivity contribution in [3.63, 3.8) is 0 Å². The lowest BCUT2D eigenvalue weighted by molar-refractivity contribution is 0.105. The second kappa shape index (κ2) is 7.06. The van der Waals surface area contributed by atoms with Crippen molar-refractivity contribution >= 4 is 5.95 Å². The molecular formula is C19H23FN4O. The molecule has 0 saturated heterocycles. The third-order valence-electron chi connectivity index (χ3n) is 5.20. The molecule has 4 rings (SSSR count). The number of hydrogen-bond donors (Lipinski definition) is 3. The molecule has 1 heterocycles. The van der Waals surface area contributed by atoms with Crippen LogP contribution in [-0.2, 0) is 0 Å². The van der Waals surface area contributed by atoms with Gasteiger partial charge in [-0.1, -0.05) is 18.2 Å². The van der Waals surface area contributed by atoms with Crippen molar-refractivity contribution in [1.29, 1.82) is 0 Å². The molecule has 5 nitrogen and oxygen atoms in total. The molecule has 25 heavy (non-hydrogen) atoms. The molecule has 2 aromatic rings. The second-order valence-corrected chi connectivity index (χ2v) is 7.11. The van der Waals surface area contributed by atoms with E-state index in [0.717, 1.165) is 31.2 Å². The average Bonchev–Trinajstić information content (AvgIpc) is 3.49. The maximum Gasteiger partial charge on any atom is 0.223 e. The van der Waals surface area contributed by atoms with E-state index in [9.17, 15) is 4.39 Å². The highest BCUT2D eigenvalue weighted by atomic mass is 19.1. The Labute approximate surface area is 146 Å². The first-order valence-electron chi connectivity index (χ1n) is 9.02. The van der Waals surface area contributed by atoms with Crippen molar-refractivity contribution in [3.8, 4) is 11.3 Å². The van der Waals surface area contributed by atoms with Crippen LogP contribution in [-0.4, -0.2) is 27.3 Å². The van der Waals surface area contributed by atoms with E-state index in [2.05, 4.69) is 26.8 Å².